The summed E-state index contributed by atoms with van der Waals surface area (Å²) in [5.41, 5.74) is 0. The molecule has 92 valence electrons. The Hall–Kier alpha value is -0.710. The highest BCUT2D eigenvalue weighted by Gasteiger charge is 2.22. The third-order valence-corrected chi connectivity index (χ3v) is 3.75. The topological polar surface area (TPSA) is 57.6 Å². The van der Waals surface area contributed by atoms with Gasteiger partial charge in [-0.1, -0.05) is 0 Å². The molecule has 0 spiro atoms. The minimum Gasteiger partial charge on any atom is -0.481 e. The molecule has 1 fully saturated rings. The Bertz CT molecular complexity index is 258. The summed E-state index contributed by atoms with van der Waals surface area (Å²) in [5, 5.41) is 8.46. The molecular formula is C11H19NO3S. The molecule has 0 aromatic rings. The van der Waals surface area contributed by atoms with E-state index >= 15 is 0 Å². The largest absolute Gasteiger partial charge is 0.481 e. The van der Waals surface area contributed by atoms with Crippen LogP contribution in [0.1, 0.15) is 32.6 Å². The molecular weight excluding hydrogens is 226 g/mol. The van der Waals surface area contributed by atoms with Gasteiger partial charge in [-0.05, 0) is 26.2 Å². The molecule has 4 nitrogen and oxygen atoms in total. The van der Waals surface area contributed by atoms with Crippen LogP contribution in [0.25, 0.3) is 0 Å². The maximum absolute atomic E-state index is 11.8. The van der Waals surface area contributed by atoms with E-state index in [4.69, 9.17) is 5.11 Å². The Morgan fingerprint density at radius 2 is 2.19 bits per heavy atom. The highest BCUT2D eigenvalue weighted by molar-refractivity contribution is 7.99. The van der Waals surface area contributed by atoms with Gasteiger partial charge in [0, 0.05) is 18.3 Å². The Morgan fingerprint density at radius 3 is 2.81 bits per heavy atom. The Balaban J connectivity index is 2.20. The molecule has 1 unspecified atom stereocenters. The van der Waals surface area contributed by atoms with Crippen LogP contribution >= 0.6 is 11.8 Å². The fourth-order valence-corrected chi connectivity index (χ4v) is 2.67. The van der Waals surface area contributed by atoms with Crippen LogP contribution in [0.15, 0.2) is 0 Å². The molecule has 0 saturated carbocycles. The molecule has 1 rings (SSSR count). The van der Waals surface area contributed by atoms with E-state index in [1.54, 1.807) is 0 Å². The summed E-state index contributed by atoms with van der Waals surface area (Å²) in [6.45, 7) is 2.94. The minimum absolute atomic E-state index is 0.132. The zero-order valence-electron chi connectivity index (χ0n) is 9.65. The monoisotopic (exact) mass is 245 g/mol. The standard InChI is InChI=1S/C11H19NO3S/c1-9-4-2-3-6-12(9)10(13)8-16-7-5-11(14)15/h9H,2-8H2,1H3,(H,14,15). The van der Waals surface area contributed by atoms with Crippen LogP contribution in [0, 0.1) is 0 Å². The quantitative estimate of drug-likeness (QED) is 0.747. The maximum Gasteiger partial charge on any atom is 0.304 e. The van der Waals surface area contributed by atoms with Crippen molar-refractivity contribution in [2.75, 3.05) is 18.1 Å². The van der Waals surface area contributed by atoms with Crippen molar-refractivity contribution in [1.29, 1.82) is 0 Å². The number of likely N-dealkylation sites (tertiary alicyclic amines) is 1. The van der Waals surface area contributed by atoms with Crippen molar-refractivity contribution < 1.29 is 14.7 Å². The van der Waals surface area contributed by atoms with Crippen LogP contribution in [0.3, 0.4) is 0 Å². The first-order valence-electron chi connectivity index (χ1n) is 5.70. The van der Waals surface area contributed by atoms with Gasteiger partial charge < -0.3 is 10.0 Å². The molecule has 1 atom stereocenters. The van der Waals surface area contributed by atoms with E-state index in [-0.39, 0.29) is 12.3 Å². The molecule has 1 heterocycles. The number of amides is 1. The summed E-state index contributed by atoms with van der Waals surface area (Å²) >= 11 is 1.41. The normalized spacial score (nSPS) is 20.8. The molecule has 1 aliphatic heterocycles. The minimum atomic E-state index is -0.800. The van der Waals surface area contributed by atoms with E-state index in [2.05, 4.69) is 6.92 Å². The predicted octanol–water partition coefficient (Wildman–Crippen LogP) is 1.60. The van der Waals surface area contributed by atoms with E-state index in [1.807, 2.05) is 4.90 Å². The van der Waals surface area contributed by atoms with Crippen LogP contribution in [-0.4, -0.2) is 46.0 Å². The lowest BCUT2D eigenvalue weighted by atomic mass is 10.0. The van der Waals surface area contributed by atoms with Gasteiger partial charge in [-0.15, -0.1) is 0 Å². The number of carboxylic acid groups (broad SMARTS) is 1. The average molecular weight is 245 g/mol. The zero-order chi connectivity index (χ0) is 12.0. The number of carboxylic acids is 1. The number of rotatable bonds is 5. The lowest BCUT2D eigenvalue weighted by Crippen LogP contribution is -2.43. The smallest absolute Gasteiger partial charge is 0.304 e. The number of carbonyl (C=O) groups excluding carboxylic acids is 1. The second kappa shape index (κ2) is 6.78. The summed E-state index contributed by atoms with van der Waals surface area (Å²) in [4.78, 5) is 24.0. The van der Waals surface area contributed by atoms with Crippen molar-refractivity contribution in [1.82, 2.24) is 4.90 Å². The van der Waals surface area contributed by atoms with Gasteiger partial charge in [-0.3, -0.25) is 9.59 Å². The molecule has 0 aliphatic carbocycles. The summed E-state index contributed by atoms with van der Waals surface area (Å²) in [6, 6.07) is 0.348. The van der Waals surface area contributed by atoms with Crippen molar-refractivity contribution in [2.45, 2.75) is 38.6 Å². The number of thioether (sulfide) groups is 1. The molecule has 0 aromatic heterocycles. The average Bonchev–Trinajstić information content (AvgIpc) is 2.24. The fourth-order valence-electron chi connectivity index (χ4n) is 1.87. The second-order valence-corrected chi connectivity index (χ2v) is 5.23. The lowest BCUT2D eigenvalue weighted by Gasteiger charge is -2.33. The number of hydrogen-bond donors (Lipinski definition) is 1. The van der Waals surface area contributed by atoms with E-state index < -0.39 is 5.97 Å². The van der Waals surface area contributed by atoms with Gasteiger partial charge >= 0.3 is 5.97 Å². The molecule has 1 aliphatic rings. The Kier molecular flexibility index (Phi) is 5.66. The summed E-state index contributed by atoms with van der Waals surface area (Å²) in [5.74, 6) is 0.287. The van der Waals surface area contributed by atoms with Crippen molar-refractivity contribution in [3.63, 3.8) is 0 Å². The van der Waals surface area contributed by atoms with E-state index in [0.29, 0.717) is 17.5 Å². The fraction of sp³-hybridized carbons (Fsp3) is 0.818. The molecule has 0 bridgehead atoms. The zero-order valence-corrected chi connectivity index (χ0v) is 10.5. The van der Waals surface area contributed by atoms with Gasteiger partial charge in [-0.2, -0.15) is 11.8 Å². The first-order valence-corrected chi connectivity index (χ1v) is 6.85. The highest BCUT2D eigenvalue weighted by atomic mass is 32.2. The second-order valence-electron chi connectivity index (χ2n) is 4.13. The van der Waals surface area contributed by atoms with Crippen LogP contribution < -0.4 is 0 Å². The molecule has 0 radical (unpaired) electrons. The van der Waals surface area contributed by atoms with E-state index in [1.165, 1.54) is 18.2 Å². The maximum atomic E-state index is 11.8. The van der Waals surface area contributed by atoms with Gasteiger partial charge in [0.2, 0.25) is 5.91 Å². The molecule has 1 amide bonds. The summed E-state index contributed by atoms with van der Waals surface area (Å²) in [7, 11) is 0. The van der Waals surface area contributed by atoms with Gasteiger partial charge in [0.1, 0.15) is 0 Å². The third-order valence-electron chi connectivity index (χ3n) is 2.81. The van der Waals surface area contributed by atoms with E-state index in [9.17, 15) is 9.59 Å². The van der Waals surface area contributed by atoms with Crippen molar-refractivity contribution in [2.24, 2.45) is 0 Å². The van der Waals surface area contributed by atoms with Crippen molar-refractivity contribution in [3.05, 3.63) is 0 Å². The van der Waals surface area contributed by atoms with Crippen LogP contribution in [0.5, 0.6) is 0 Å². The van der Waals surface area contributed by atoms with Crippen molar-refractivity contribution in [3.8, 4) is 0 Å². The molecule has 5 heteroatoms. The summed E-state index contributed by atoms with van der Waals surface area (Å²) in [6.07, 6.45) is 3.52. The molecule has 1 saturated heterocycles. The lowest BCUT2D eigenvalue weighted by molar-refractivity contribution is -0.136. The number of nitrogens with zero attached hydrogens (tertiary/aromatic N) is 1. The van der Waals surface area contributed by atoms with E-state index in [0.717, 1.165) is 19.4 Å². The van der Waals surface area contributed by atoms with Crippen LogP contribution in [-0.2, 0) is 9.59 Å². The molecule has 16 heavy (non-hydrogen) atoms. The van der Waals surface area contributed by atoms with Gasteiger partial charge in [0.05, 0.1) is 12.2 Å². The first kappa shape index (κ1) is 13.4. The Labute approximate surface area is 100 Å². The molecule has 1 N–H and O–H groups in total. The summed E-state index contributed by atoms with van der Waals surface area (Å²) < 4.78 is 0. The SMILES string of the molecule is CC1CCCCN1C(=O)CSCCC(=O)O. The number of carbonyl (C=O) groups is 2. The van der Waals surface area contributed by atoms with Crippen LogP contribution in [0.4, 0.5) is 0 Å². The molecule has 0 aromatic carbocycles. The highest BCUT2D eigenvalue weighted by Crippen LogP contribution is 2.17. The van der Waals surface area contributed by atoms with Crippen molar-refractivity contribution >= 4 is 23.6 Å². The number of piperidine rings is 1. The van der Waals surface area contributed by atoms with Crippen LogP contribution in [0.2, 0.25) is 0 Å². The Morgan fingerprint density at radius 1 is 1.44 bits per heavy atom. The number of hydrogen-bond acceptors (Lipinski definition) is 3. The van der Waals surface area contributed by atoms with Gasteiger partial charge in [0.25, 0.3) is 0 Å². The van der Waals surface area contributed by atoms with Gasteiger partial charge in [-0.25, -0.2) is 0 Å². The first-order chi connectivity index (χ1) is 7.61. The predicted molar refractivity (Wildman–Crippen MR) is 64.6 cm³/mol. The third kappa shape index (κ3) is 4.43. The number of aliphatic carboxylic acids is 1. The van der Waals surface area contributed by atoms with Gasteiger partial charge in [0.15, 0.2) is 0 Å².